The minimum Gasteiger partial charge on any atom is -0.336 e. The Bertz CT molecular complexity index is 396. The second-order valence-electron chi connectivity index (χ2n) is 4.17. The number of carbonyl (C=O) groups is 1. The van der Waals surface area contributed by atoms with E-state index in [1.54, 1.807) is 0 Å². The third-order valence-corrected chi connectivity index (χ3v) is 2.81. The van der Waals surface area contributed by atoms with Crippen LogP contribution in [0.2, 0.25) is 0 Å². The Hall–Kier alpha value is -1.57. The number of aromatic amines is 1. The van der Waals surface area contributed by atoms with E-state index in [-0.39, 0.29) is 19.0 Å². The van der Waals surface area contributed by atoms with Gasteiger partial charge in [-0.05, 0) is 0 Å². The highest BCUT2D eigenvalue weighted by atomic mass is 19.4. The van der Waals surface area contributed by atoms with Crippen molar-refractivity contribution in [2.75, 3.05) is 32.7 Å². The van der Waals surface area contributed by atoms with Gasteiger partial charge in [0.1, 0.15) is 0 Å². The molecule has 1 aliphatic heterocycles. The van der Waals surface area contributed by atoms with Crippen molar-refractivity contribution in [3.8, 4) is 0 Å². The predicted molar refractivity (Wildman–Crippen MR) is 57.0 cm³/mol. The second kappa shape index (κ2) is 4.97. The van der Waals surface area contributed by atoms with Crippen LogP contribution in [0.5, 0.6) is 0 Å². The summed E-state index contributed by atoms with van der Waals surface area (Å²) >= 11 is 0. The Morgan fingerprint density at radius 3 is 2.50 bits per heavy atom. The highest BCUT2D eigenvalue weighted by Gasteiger charge is 2.33. The topological polar surface area (TPSA) is 52.2 Å². The first-order valence-corrected chi connectivity index (χ1v) is 5.53. The van der Waals surface area contributed by atoms with E-state index in [0.29, 0.717) is 18.7 Å². The van der Waals surface area contributed by atoms with E-state index in [1.807, 2.05) is 0 Å². The molecule has 0 aromatic carbocycles. The van der Waals surface area contributed by atoms with Gasteiger partial charge in [-0.3, -0.25) is 14.8 Å². The van der Waals surface area contributed by atoms with E-state index in [1.165, 1.54) is 22.2 Å². The fourth-order valence-corrected chi connectivity index (χ4v) is 1.91. The molecular weight excluding hydrogens is 249 g/mol. The van der Waals surface area contributed by atoms with Gasteiger partial charge >= 0.3 is 6.18 Å². The molecule has 1 fully saturated rings. The lowest BCUT2D eigenvalue weighted by atomic mass is 10.2. The molecule has 1 aliphatic rings. The molecule has 18 heavy (non-hydrogen) atoms. The van der Waals surface area contributed by atoms with E-state index < -0.39 is 12.7 Å². The van der Waals surface area contributed by atoms with Crippen molar-refractivity contribution >= 4 is 5.91 Å². The zero-order chi connectivity index (χ0) is 13.2. The molecule has 1 N–H and O–H groups in total. The summed E-state index contributed by atoms with van der Waals surface area (Å²) in [5, 5.41) is 6.20. The summed E-state index contributed by atoms with van der Waals surface area (Å²) in [5.41, 5.74) is 0.430. The lowest BCUT2D eigenvalue weighted by Gasteiger charge is -2.34. The first-order valence-electron chi connectivity index (χ1n) is 5.53. The molecule has 0 radical (unpaired) electrons. The Morgan fingerprint density at radius 1 is 1.33 bits per heavy atom. The Labute approximate surface area is 102 Å². The zero-order valence-electron chi connectivity index (χ0n) is 9.57. The molecule has 0 aliphatic carbocycles. The number of rotatable bonds is 2. The van der Waals surface area contributed by atoms with E-state index in [0.717, 1.165) is 0 Å². The lowest BCUT2D eigenvalue weighted by molar-refractivity contribution is -0.148. The number of piperazine rings is 1. The second-order valence-corrected chi connectivity index (χ2v) is 4.17. The van der Waals surface area contributed by atoms with Crippen LogP contribution in [-0.2, 0) is 0 Å². The van der Waals surface area contributed by atoms with Crippen LogP contribution in [0, 0.1) is 0 Å². The van der Waals surface area contributed by atoms with Crippen molar-refractivity contribution in [1.29, 1.82) is 0 Å². The van der Waals surface area contributed by atoms with Crippen LogP contribution < -0.4 is 0 Å². The molecular formula is C10H13F3N4O. The van der Waals surface area contributed by atoms with Crippen molar-refractivity contribution in [3.63, 3.8) is 0 Å². The summed E-state index contributed by atoms with van der Waals surface area (Å²) in [7, 11) is 0. The number of nitrogens with one attached hydrogen (secondary N) is 1. The number of halogens is 3. The molecule has 100 valence electrons. The molecule has 5 nitrogen and oxygen atoms in total. The Kier molecular flexibility index (Phi) is 3.55. The molecule has 0 unspecified atom stereocenters. The van der Waals surface area contributed by atoms with Crippen molar-refractivity contribution in [2.24, 2.45) is 0 Å². The van der Waals surface area contributed by atoms with Gasteiger partial charge in [0.25, 0.3) is 5.91 Å². The Balaban J connectivity index is 1.85. The molecule has 8 heteroatoms. The molecule has 1 aromatic rings. The number of hydrogen-bond donors (Lipinski definition) is 1. The van der Waals surface area contributed by atoms with Crippen LogP contribution in [0.1, 0.15) is 10.4 Å². The van der Waals surface area contributed by atoms with Crippen LogP contribution in [0.15, 0.2) is 12.4 Å². The summed E-state index contributed by atoms with van der Waals surface area (Å²) in [6.07, 6.45) is -1.30. The van der Waals surface area contributed by atoms with Crippen molar-refractivity contribution in [2.45, 2.75) is 6.18 Å². The average molecular weight is 262 g/mol. The standard InChI is InChI=1S/C10H13F3N4O/c11-10(12,13)7-16-1-3-17(4-2-16)9(18)8-5-14-15-6-8/h5-6H,1-4,7H2,(H,14,15). The minimum absolute atomic E-state index is 0.199. The Morgan fingerprint density at radius 2 is 2.00 bits per heavy atom. The maximum atomic E-state index is 12.2. The number of amides is 1. The highest BCUT2D eigenvalue weighted by molar-refractivity contribution is 5.93. The van der Waals surface area contributed by atoms with Crippen LogP contribution in [0.3, 0.4) is 0 Å². The number of H-pyrrole nitrogens is 1. The van der Waals surface area contributed by atoms with E-state index in [9.17, 15) is 18.0 Å². The summed E-state index contributed by atoms with van der Waals surface area (Å²) in [6, 6.07) is 0. The van der Waals surface area contributed by atoms with Gasteiger partial charge in [0.05, 0.1) is 18.3 Å². The van der Waals surface area contributed by atoms with E-state index >= 15 is 0 Å². The maximum absolute atomic E-state index is 12.2. The third-order valence-electron chi connectivity index (χ3n) is 2.81. The fraction of sp³-hybridized carbons (Fsp3) is 0.600. The quantitative estimate of drug-likeness (QED) is 0.855. The number of carbonyl (C=O) groups excluding carboxylic acids is 1. The normalized spacial score (nSPS) is 18.1. The van der Waals surface area contributed by atoms with Gasteiger partial charge in [0.2, 0.25) is 0 Å². The van der Waals surface area contributed by atoms with E-state index in [2.05, 4.69) is 10.2 Å². The number of hydrogen-bond acceptors (Lipinski definition) is 3. The van der Waals surface area contributed by atoms with Crippen molar-refractivity contribution in [3.05, 3.63) is 18.0 Å². The van der Waals surface area contributed by atoms with Gasteiger partial charge in [-0.25, -0.2) is 0 Å². The van der Waals surface area contributed by atoms with Crippen LogP contribution >= 0.6 is 0 Å². The number of nitrogens with zero attached hydrogens (tertiary/aromatic N) is 3. The molecule has 2 rings (SSSR count). The summed E-state index contributed by atoms with van der Waals surface area (Å²) in [6.45, 7) is 0.174. The van der Waals surface area contributed by atoms with Gasteiger partial charge in [0.15, 0.2) is 0 Å². The summed E-state index contributed by atoms with van der Waals surface area (Å²) in [4.78, 5) is 14.7. The molecule has 0 spiro atoms. The van der Waals surface area contributed by atoms with Crippen molar-refractivity contribution in [1.82, 2.24) is 20.0 Å². The molecule has 0 saturated carbocycles. The number of alkyl halides is 3. The largest absolute Gasteiger partial charge is 0.401 e. The van der Waals surface area contributed by atoms with Crippen LogP contribution in [0.4, 0.5) is 13.2 Å². The number of aromatic nitrogens is 2. The molecule has 1 aromatic heterocycles. The monoisotopic (exact) mass is 262 g/mol. The lowest BCUT2D eigenvalue weighted by Crippen LogP contribution is -2.50. The predicted octanol–water partition coefficient (Wildman–Crippen LogP) is 0.730. The first kappa shape index (κ1) is 12.9. The van der Waals surface area contributed by atoms with Crippen LogP contribution in [0.25, 0.3) is 0 Å². The van der Waals surface area contributed by atoms with Gasteiger partial charge in [-0.15, -0.1) is 0 Å². The zero-order valence-corrected chi connectivity index (χ0v) is 9.57. The van der Waals surface area contributed by atoms with Gasteiger partial charge in [-0.1, -0.05) is 0 Å². The average Bonchev–Trinajstić information content (AvgIpc) is 2.80. The van der Waals surface area contributed by atoms with Gasteiger partial charge in [0, 0.05) is 32.4 Å². The summed E-state index contributed by atoms with van der Waals surface area (Å²) in [5.74, 6) is -0.199. The fourth-order valence-electron chi connectivity index (χ4n) is 1.91. The first-order chi connectivity index (χ1) is 8.46. The third kappa shape index (κ3) is 3.22. The molecule has 0 bridgehead atoms. The minimum atomic E-state index is -4.18. The summed E-state index contributed by atoms with van der Waals surface area (Å²) < 4.78 is 36.6. The SMILES string of the molecule is O=C(c1cn[nH]c1)N1CCN(CC(F)(F)F)CC1. The molecule has 1 amide bonds. The van der Waals surface area contributed by atoms with Crippen molar-refractivity contribution < 1.29 is 18.0 Å². The molecule has 2 heterocycles. The maximum Gasteiger partial charge on any atom is 0.401 e. The molecule has 1 saturated heterocycles. The van der Waals surface area contributed by atoms with Crippen LogP contribution in [-0.4, -0.2) is 64.8 Å². The molecule has 0 atom stereocenters. The highest BCUT2D eigenvalue weighted by Crippen LogP contribution is 2.17. The van der Waals surface area contributed by atoms with Gasteiger partial charge < -0.3 is 4.90 Å². The van der Waals surface area contributed by atoms with E-state index in [4.69, 9.17) is 0 Å². The smallest absolute Gasteiger partial charge is 0.336 e. The van der Waals surface area contributed by atoms with Gasteiger partial charge in [-0.2, -0.15) is 18.3 Å².